The van der Waals surface area contributed by atoms with Gasteiger partial charge in [0.05, 0.1) is 11.9 Å². The van der Waals surface area contributed by atoms with E-state index in [1.165, 1.54) is 18.0 Å². The molecule has 20 heavy (non-hydrogen) atoms. The molecule has 1 aromatic carbocycles. The van der Waals surface area contributed by atoms with E-state index < -0.39 is 0 Å². The summed E-state index contributed by atoms with van der Waals surface area (Å²) in [7, 11) is 0. The first-order valence-electron chi connectivity index (χ1n) is 6.06. The Hall–Kier alpha value is -2.34. The maximum atomic E-state index is 12.6. The first kappa shape index (κ1) is 12.7. The van der Waals surface area contributed by atoms with E-state index in [1.54, 1.807) is 10.6 Å². The molecule has 6 heteroatoms. The van der Waals surface area contributed by atoms with Crippen LogP contribution in [0.5, 0.6) is 0 Å². The molecule has 0 spiro atoms. The molecule has 0 amide bonds. The van der Waals surface area contributed by atoms with Crippen LogP contribution in [0.4, 0.5) is 0 Å². The molecule has 0 unspecified atom stereocenters. The Morgan fingerprint density at radius 2 is 2.15 bits per heavy atom. The normalized spacial score (nSPS) is 10.8. The third kappa shape index (κ3) is 2.14. The number of hydrogen-bond acceptors (Lipinski definition) is 4. The van der Waals surface area contributed by atoms with Gasteiger partial charge in [0.25, 0.3) is 5.56 Å². The molecular weight excluding hydrogens is 272 g/mol. The van der Waals surface area contributed by atoms with Crippen molar-refractivity contribution in [3.8, 4) is 5.69 Å². The summed E-state index contributed by atoms with van der Waals surface area (Å²) in [5.74, 6) is 0.679. The zero-order valence-electron chi connectivity index (χ0n) is 10.6. The van der Waals surface area contributed by atoms with Crippen molar-refractivity contribution < 1.29 is 0 Å². The number of para-hydroxylation sites is 1. The van der Waals surface area contributed by atoms with E-state index in [-0.39, 0.29) is 5.56 Å². The number of nitrogens with zero attached hydrogens (tertiary/aromatic N) is 3. The highest BCUT2D eigenvalue weighted by molar-refractivity contribution is 7.99. The first-order valence-corrected chi connectivity index (χ1v) is 7.05. The minimum absolute atomic E-state index is 0.124. The van der Waals surface area contributed by atoms with Crippen molar-refractivity contribution in [3.05, 3.63) is 59.5 Å². The predicted molar refractivity (Wildman–Crippen MR) is 80.4 cm³/mol. The van der Waals surface area contributed by atoms with E-state index in [4.69, 9.17) is 0 Å². The van der Waals surface area contributed by atoms with Crippen LogP contribution in [0, 0.1) is 0 Å². The zero-order valence-corrected chi connectivity index (χ0v) is 11.4. The minimum atomic E-state index is -0.124. The number of H-pyrrole nitrogens is 1. The molecule has 0 atom stereocenters. The van der Waals surface area contributed by atoms with Crippen molar-refractivity contribution >= 4 is 22.8 Å². The van der Waals surface area contributed by atoms with Crippen LogP contribution in [-0.4, -0.2) is 25.5 Å². The number of aromatic nitrogens is 4. The van der Waals surface area contributed by atoms with Gasteiger partial charge in [0.2, 0.25) is 0 Å². The molecule has 100 valence electrons. The van der Waals surface area contributed by atoms with Crippen LogP contribution in [0.15, 0.2) is 59.1 Å². The van der Waals surface area contributed by atoms with Crippen molar-refractivity contribution in [2.75, 3.05) is 5.75 Å². The van der Waals surface area contributed by atoms with Gasteiger partial charge in [0.1, 0.15) is 5.39 Å². The largest absolute Gasteiger partial charge is 0.269 e. The Morgan fingerprint density at radius 3 is 2.90 bits per heavy atom. The summed E-state index contributed by atoms with van der Waals surface area (Å²) < 4.78 is 1.60. The van der Waals surface area contributed by atoms with Crippen LogP contribution >= 0.6 is 11.8 Å². The number of hydrogen-bond donors (Lipinski definition) is 1. The zero-order chi connectivity index (χ0) is 13.9. The molecule has 0 aliphatic rings. The number of aromatic amines is 1. The van der Waals surface area contributed by atoms with Gasteiger partial charge in [0, 0.05) is 5.75 Å². The molecule has 3 aromatic rings. The fourth-order valence-electron chi connectivity index (χ4n) is 1.91. The molecule has 2 heterocycles. The number of nitrogens with one attached hydrogen (secondary N) is 1. The van der Waals surface area contributed by atoms with Crippen molar-refractivity contribution in [1.29, 1.82) is 0 Å². The lowest BCUT2D eigenvalue weighted by molar-refractivity contribution is 0.817. The van der Waals surface area contributed by atoms with Crippen LogP contribution < -0.4 is 5.56 Å². The second-order valence-electron chi connectivity index (χ2n) is 4.10. The molecule has 0 saturated heterocycles. The Kier molecular flexibility index (Phi) is 3.39. The van der Waals surface area contributed by atoms with Gasteiger partial charge in [-0.3, -0.25) is 14.5 Å². The fraction of sp³-hybridized carbons (Fsp3) is 0.0714. The molecule has 0 saturated carbocycles. The van der Waals surface area contributed by atoms with Gasteiger partial charge < -0.3 is 0 Å². The quantitative estimate of drug-likeness (QED) is 0.454. The maximum absolute atomic E-state index is 12.6. The van der Waals surface area contributed by atoms with Crippen molar-refractivity contribution in [1.82, 2.24) is 19.7 Å². The summed E-state index contributed by atoms with van der Waals surface area (Å²) in [5.41, 5.74) is 1.18. The lowest BCUT2D eigenvalue weighted by Gasteiger charge is -2.10. The average molecular weight is 284 g/mol. The van der Waals surface area contributed by atoms with Gasteiger partial charge in [-0.15, -0.1) is 6.58 Å². The van der Waals surface area contributed by atoms with Crippen molar-refractivity contribution in [2.45, 2.75) is 5.16 Å². The van der Waals surface area contributed by atoms with Gasteiger partial charge in [-0.1, -0.05) is 36.0 Å². The summed E-state index contributed by atoms with van der Waals surface area (Å²) in [6, 6.07) is 9.46. The lowest BCUT2D eigenvalue weighted by Crippen LogP contribution is -2.21. The fourth-order valence-corrected chi connectivity index (χ4v) is 2.65. The first-order chi connectivity index (χ1) is 9.81. The lowest BCUT2D eigenvalue weighted by atomic mass is 10.3. The highest BCUT2D eigenvalue weighted by Crippen LogP contribution is 2.20. The Bertz CT molecular complexity index is 807. The Labute approximate surface area is 119 Å². The molecule has 2 aromatic heterocycles. The van der Waals surface area contributed by atoms with Gasteiger partial charge in [-0.2, -0.15) is 5.10 Å². The van der Waals surface area contributed by atoms with Crippen LogP contribution in [0.25, 0.3) is 16.7 Å². The van der Waals surface area contributed by atoms with E-state index in [9.17, 15) is 4.79 Å². The van der Waals surface area contributed by atoms with E-state index >= 15 is 0 Å². The molecular formula is C14H12N4OS. The SMILES string of the molecule is C=CCSc1nc2[nH]ncc2c(=O)n1-c1ccccc1. The number of benzene rings is 1. The number of rotatable bonds is 4. The van der Waals surface area contributed by atoms with E-state index in [0.717, 1.165) is 5.69 Å². The predicted octanol–water partition coefficient (Wildman–Crippen LogP) is 2.39. The van der Waals surface area contributed by atoms with Crippen LogP contribution in [0.2, 0.25) is 0 Å². The summed E-state index contributed by atoms with van der Waals surface area (Å²) in [6.07, 6.45) is 3.29. The molecule has 5 nitrogen and oxygen atoms in total. The van der Waals surface area contributed by atoms with Crippen molar-refractivity contribution in [3.63, 3.8) is 0 Å². The molecule has 0 bridgehead atoms. The standard InChI is InChI=1S/C14H12N4OS/c1-2-8-20-14-16-12-11(9-15-17-12)13(19)18(14)10-6-4-3-5-7-10/h2-7,9H,1,8H2,(H,15,17). The number of fused-ring (bicyclic) bond motifs is 1. The summed E-state index contributed by atoms with van der Waals surface area (Å²) in [5, 5.41) is 7.74. The second kappa shape index (κ2) is 5.34. The minimum Gasteiger partial charge on any atom is -0.268 e. The molecule has 3 rings (SSSR count). The van der Waals surface area contributed by atoms with E-state index in [0.29, 0.717) is 21.9 Å². The average Bonchev–Trinajstić information content (AvgIpc) is 2.95. The summed E-state index contributed by atoms with van der Waals surface area (Å²) >= 11 is 1.46. The molecule has 0 radical (unpaired) electrons. The molecule has 1 N–H and O–H groups in total. The summed E-state index contributed by atoms with van der Waals surface area (Å²) in [6.45, 7) is 3.70. The third-order valence-electron chi connectivity index (χ3n) is 2.80. The van der Waals surface area contributed by atoms with Gasteiger partial charge in [-0.05, 0) is 12.1 Å². The maximum Gasteiger partial charge on any atom is 0.269 e. The molecule has 0 aliphatic heterocycles. The molecule has 0 aliphatic carbocycles. The van der Waals surface area contributed by atoms with Gasteiger partial charge in [0.15, 0.2) is 10.8 Å². The highest BCUT2D eigenvalue weighted by Gasteiger charge is 2.13. The third-order valence-corrected chi connectivity index (χ3v) is 3.73. The monoisotopic (exact) mass is 284 g/mol. The topological polar surface area (TPSA) is 63.6 Å². The van der Waals surface area contributed by atoms with Crippen LogP contribution in [0.3, 0.4) is 0 Å². The van der Waals surface area contributed by atoms with Crippen molar-refractivity contribution in [2.24, 2.45) is 0 Å². The summed E-state index contributed by atoms with van der Waals surface area (Å²) in [4.78, 5) is 17.1. The smallest absolute Gasteiger partial charge is 0.268 e. The number of thioether (sulfide) groups is 1. The van der Waals surface area contributed by atoms with Gasteiger partial charge in [-0.25, -0.2) is 4.98 Å². The van der Waals surface area contributed by atoms with Gasteiger partial charge >= 0.3 is 0 Å². The highest BCUT2D eigenvalue weighted by atomic mass is 32.2. The molecule has 0 fully saturated rings. The second-order valence-corrected chi connectivity index (χ2v) is 5.09. The van der Waals surface area contributed by atoms with Crippen LogP contribution in [0.1, 0.15) is 0 Å². The van der Waals surface area contributed by atoms with E-state index in [1.807, 2.05) is 30.3 Å². The van der Waals surface area contributed by atoms with E-state index in [2.05, 4.69) is 21.8 Å². The Balaban J connectivity index is 2.28. The van der Waals surface area contributed by atoms with Crippen LogP contribution in [-0.2, 0) is 0 Å². The Morgan fingerprint density at radius 1 is 1.35 bits per heavy atom.